The highest BCUT2D eigenvalue weighted by Gasteiger charge is 2.24. The molecule has 0 saturated heterocycles. The molecule has 2 aromatic carbocycles. The van der Waals surface area contributed by atoms with Gasteiger partial charge in [-0.2, -0.15) is 0 Å². The molecule has 0 atom stereocenters. The molecule has 0 aliphatic rings. The summed E-state index contributed by atoms with van der Waals surface area (Å²) in [6.07, 6.45) is 0. The molecule has 148 valence electrons. The molecule has 9 heteroatoms. The van der Waals surface area contributed by atoms with E-state index >= 15 is 0 Å². The molecule has 0 unspecified atom stereocenters. The third-order valence-electron chi connectivity index (χ3n) is 4.39. The normalized spacial score (nSPS) is 12.3. The van der Waals surface area contributed by atoms with E-state index in [9.17, 15) is 18.5 Å². The van der Waals surface area contributed by atoms with Crippen molar-refractivity contribution in [1.29, 1.82) is 0 Å². The van der Waals surface area contributed by atoms with Crippen LogP contribution in [0.4, 0.5) is 11.4 Å². The second-order valence-electron chi connectivity index (χ2n) is 7.70. The van der Waals surface area contributed by atoms with Gasteiger partial charge in [0.15, 0.2) is 5.58 Å². The van der Waals surface area contributed by atoms with Gasteiger partial charge in [-0.25, -0.2) is 13.4 Å². The number of benzene rings is 2. The number of nitrogens with zero attached hydrogens (tertiary/aromatic N) is 2. The molecule has 28 heavy (non-hydrogen) atoms. The highest BCUT2D eigenvalue weighted by molar-refractivity contribution is 7.92. The number of anilines is 1. The molecular formula is C19H21N3O5S. The number of nitro groups is 1. The maximum atomic E-state index is 12.9. The van der Waals surface area contributed by atoms with Gasteiger partial charge >= 0.3 is 0 Å². The molecule has 3 aromatic rings. The Balaban J connectivity index is 2.02. The number of aryl methyl sites for hydroxylation is 1. The monoisotopic (exact) mass is 403 g/mol. The van der Waals surface area contributed by atoms with Crippen LogP contribution < -0.4 is 4.72 Å². The predicted octanol–water partition coefficient (Wildman–Crippen LogP) is 4.45. The van der Waals surface area contributed by atoms with Crippen molar-refractivity contribution in [3.05, 3.63) is 57.5 Å². The molecule has 1 aromatic heterocycles. The fourth-order valence-electron chi connectivity index (χ4n) is 2.72. The number of hydrogen-bond acceptors (Lipinski definition) is 6. The van der Waals surface area contributed by atoms with Crippen LogP contribution >= 0.6 is 0 Å². The highest BCUT2D eigenvalue weighted by Crippen LogP contribution is 2.30. The van der Waals surface area contributed by atoms with Crippen molar-refractivity contribution in [2.24, 2.45) is 0 Å². The molecule has 0 aliphatic carbocycles. The van der Waals surface area contributed by atoms with Crippen molar-refractivity contribution in [2.45, 2.75) is 44.9 Å². The fourth-order valence-corrected chi connectivity index (χ4v) is 4.10. The first kappa shape index (κ1) is 19.8. The van der Waals surface area contributed by atoms with Gasteiger partial charge in [-0.1, -0.05) is 20.8 Å². The summed E-state index contributed by atoms with van der Waals surface area (Å²) in [5, 5.41) is 11.1. The first-order chi connectivity index (χ1) is 12.9. The Morgan fingerprint density at radius 3 is 2.43 bits per heavy atom. The number of non-ortho nitro benzene ring substituents is 1. The zero-order valence-electron chi connectivity index (χ0n) is 16.2. The molecule has 0 aliphatic heterocycles. The van der Waals surface area contributed by atoms with Crippen LogP contribution in [0, 0.1) is 24.0 Å². The predicted molar refractivity (Wildman–Crippen MR) is 106 cm³/mol. The summed E-state index contributed by atoms with van der Waals surface area (Å²) >= 11 is 0. The van der Waals surface area contributed by atoms with Gasteiger partial charge in [0.2, 0.25) is 5.89 Å². The maximum absolute atomic E-state index is 12.9. The van der Waals surface area contributed by atoms with Crippen molar-refractivity contribution in [3.63, 3.8) is 0 Å². The molecule has 0 spiro atoms. The van der Waals surface area contributed by atoms with Crippen LogP contribution in [0.2, 0.25) is 0 Å². The van der Waals surface area contributed by atoms with Crippen LogP contribution in [0.1, 0.15) is 37.8 Å². The van der Waals surface area contributed by atoms with Crippen LogP contribution in [0.3, 0.4) is 0 Å². The smallest absolute Gasteiger partial charge is 0.271 e. The standard InChI is InChI=1S/C19H21N3O5S/c1-11-8-14(22(23)24)10-17(12(11)2)28(25,26)21-13-6-7-16-15(9-13)20-18(27-16)19(3,4)5/h6-10,21H,1-5H3. The van der Waals surface area contributed by atoms with Gasteiger partial charge in [-0.15, -0.1) is 0 Å². The third kappa shape index (κ3) is 3.70. The van der Waals surface area contributed by atoms with Crippen molar-refractivity contribution < 1.29 is 17.8 Å². The summed E-state index contributed by atoms with van der Waals surface area (Å²) in [5.41, 5.74) is 1.80. The number of rotatable bonds is 4. The summed E-state index contributed by atoms with van der Waals surface area (Å²) in [6, 6.07) is 7.20. The van der Waals surface area contributed by atoms with Crippen molar-refractivity contribution in [2.75, 3.05) is 4.72 Å². The number of nitro benzene ring substituents is 1. The lowest BCUT2D eigenvalue weighted by Crippen LogP contribution is -2.15. The minimum absolute atomic E-state index is 0.130. The third-order valence-corrected chi connectivity index (χ3v) is 5.89. The molecular weight excluding hydrogens is 382 g/mol. The highest BCUT2D eigenvalue weighted by atomic mass is 32.2. The largest absolute Gasteiger partial charge is 0.440 e. The Kier molecular flexibility index (Phi) is 4.66. The van der Waals surface area contributed by atoms with Gasteiger partial charge in [-0.3, -0.25) is 14.8 Å². The summed E-state index contributed by atoms with van der Waals surface area (Å²) in [7, 11) is -4.03. The topological polar surface area (TPSA) is 115 Å². The van der Waals surface area contributed by atoms with Gasteiger partial charge in [0, 0.05) is 17.5 Å². The second kappa shape index (κ2) is 6.59. The van der Waals surface area contributed by atoms with Crippen LogP contribution in [-0.4, -0.2) is 18.3 Å². The quantitative estimate of drug-likeness (QED) is 0.508. The van der Waals surface area contributed by atoms with Crippen LogP contribution in [-0.2, 0) is 15.4 Å². The first-order valence-corrected chi connectivity index (χ1v) is 10.1. The summed E-state index contributed by atoms with van der Waals surface area (Å²) in [6.45, 7) is 9.15. The molecule has 0 fully saturated rings. The van der Waals surface area contributed by atoms with Gasteiger partial charge < -0.3 is 4.42 Å². The van der Waals surface area contributed by atoms with Gasteiger partial charge in [0.1, 0.15) is 5.52 Å². The maximum Gasteiger partial charge on any atom is 0.271 e. The lowest BCUT2D eigenvalue weighted by Gasteiger charge is -2.12. The summed E-state index contributed by atoms with van der Waals surface area (Å²) in [5.74, 6) is 0.549. The number of hydrogen-bond donors (Lipinski definition) is 1. The van der Waals surface area contributed by atoms with Crippen LogP contribution in [0.25, 0.3) is 11.1 Å². The van der Waals surface area contributed by atoms with Crippen LogP contribution in [0.15, 0.2) is 39.6 Å². The minimum atomic E-state index is -4.03. The van der Waals surface area contributed by atoms with E-state index in [1.807, 2.05) is 20.8 Å². The summed E-state index contributed by atoms with van der Waals surface area (Å²) in [4.78, 5) is 14.8. The Morgan fingerprint density at radius 2 is 1.82 bits per heavy atom. The van der Waals surface area contributed by atoms with E-state index in [0.717, 1.165) is 6.07 Å². The van der Waals surface area contributed by atoms with E-state index in [4.69, 9.17) is 4.42 Å². The Bertz CT molecular complexity index is 1190. The van der Waals surface area contributed by atoms with E-state index in [0.29, 0.717) is 33.8 Å². The average molecular weight is 403 g/mol. The van der Waals surface area contributed by atoms with E-state index in [2.05, 4.69) is 9.71 Å². The van der Waals surface area contributed by atoms with E-state index in [1.165, 1.54) is 6.07 Å². The second-order valence-corrected chi connectivity index (χ2v) is 9.35. The van der Waals surface area contributed by atoms with Gasteiger partial charge in [-0.05, 0) is 43.2 Å². The molecule has 1 N–H and O–H groups in total. The zero-order valence-corrected chi connectivity index (χ0v) is 17.0. The van der Waals surface area contributed by atoms with E-state index in [-0.39, 0.29) is 16.0 Å². The van der Waals surface area contributed by atoms with Gasteiger partial charge in [0.25, 0.3) is 15.7 Å². The molecule has 0 bridgehead atoms. The molecule has 0 radical (unpaired) electrons. The van der Waals surface area contributed by atoms with Gasteiger partial charge in [0.05, 0.1) is 15.5 Å². The Hall–Kier alpha value is -2.94. The SMILES string of the molecule is Cc1cc([N+](=O)[O-])cc(S(=O)(=O)Nc2ccc3oc(C(C)(C)C)nc3c2)c1C. The number of fused-ring (bicyclic) bond motifs is 1. The number of oxazole rings is 1. The number of aromatic nitrogens is 1. The van der Waals surface area contributed by atoms with Crippen molar-refractivity contribution in [1.82, 2.24) is 4.98 Å². The Morgan fingerprint density at radius 1 is 1.14 bits per heavy atom. The average Bonchev–Trinajstić information content (AvgIpc) is 3.00. The zero-order chi connectivity index (χ0) is 20.9. The first-order valence-electron chi connectivity index (χ1n) is 8.58. The molecule has 0 saturated carbocycles. The number of nitrogens with one attached hydrogen (secondary N) is 1. The lowest BCUT2D eigenvalue weighted by atomic mass is 9.97. The van der Waals surface area contributed by atoms with E-state index < -0.39 is 14.9 Å². The molecule has 3 rings (SSSR count). The van der Waals surface area contributed by atoms with Crippen molar-refractivity contribution >= 4 is 32.5 Å². The summed E-state index contributed by atoms with van der Waals surface area (Å²) < 4.78 is 33.9. The molecule has 8 nitrogen and oxygen atoms in total. The molecule has 1 heterocycles. The van der Waals surface area contributed by atoms with Crippen LogP contribution in [0.5, 0.6) is 0 Å². The van der Waals surface area contributed by atoms with Crippen molar-refractivity contribution in [3.8, 4) is 0 Å². The lowest BCUT2D eigenvalue weighted by molar-refractivity contribution is -0.385. The fraction of sp³-hybridized carbons (Fsp3) is 0.316. The minimum Gasteiger partial charge on any atom is -0.440 e. The molecule has 0 amide bonds. The Labute approximate surface area is 162 Å². The van der Waals surface area contributed by atoms with E-state index in [1.54, 1.807) is 32.0 Å². The number of sulfonamides is 1.